The zero-order chi connectivity index (χ0) is 17.9. The molecular formula is C20H22N2OS2. The van der Waals surface area contributed by atoms with Crippen molar-refractivity contribution in [3.05, 3.63) is 64.0 Å². The van der Waals surface area contributed by atoms with Crippen LogP contribution in [0.3, 0.4) is 0 Å². The van der Waals surface area contributed by atoms with Crippen molar-refractivity contribution in [2.45, 2.75) is 32.6 Å². The lowest BCUT2D eigenvalue weighted by atomic mass is 9.84. The smallest absolute Gasteiger partial charge is 0.226 e. The van der Waals surface area contributed by atoms with Crippen molar-refractivity contribution in [1.29, 1.82) is 0 Å². The number of hydrogen-bond acceptors (Lipinski definition) is 4. The van der Waals surface area contributed by atoms with E-state index in [-0.39, 0.29) is 11.3 Å². The lowest BCUT2D eigenvalue weighted by molar-refractivity contribution is -0.120. The third-order valence-electron chi connectivity index (χ3n) is 4.15. The van der Waals surface area contributed by atoms with Crippen molar-refractivity contribution in [2.24, 2.45) is 0 Å². The van der Waals surface area contributed by atoms with Gasteiger partial charge in [0.2, 0.25) is 5.91 Å². The molecule has 3 rings (SSSR count). The van der Waals surface area contributed by atoms with Crippen LogP contribution in [0.1, 0.15) is 30.7 Å². The molecule has 0 fully saturated rings. The first-order valence-corrected chi connectivity index (χ1v) is 10.0. The minimum absolute atomic E-state index is 0.0174. The second-order valence-electron chi connectivity index (χ2n) is 6.83. The molecule has 0 saturated heterocycles. The van der Waals surface area contributed by atoms with Crippen LogP contribution >= 0.6 is 22.7 Å². The zero-order valence-corrected chi connectivity index (χ0v) is 16.3. The van der Waals surface area contributed by atoms with Crippen molar-refractivity contribution in [2.75, 3.05) is 6.54 Å². The molecule has 0 aliphatic heterocycles. The fourth-order valence-electron chi connectivity index (χ4n) is 2.62. The van der Waals surface area contributed by atoms with Gasteiger partial charge >= 0.3 is 0 Å². The molecule has 0 spiro atoms. The fourth-order valence-corrected chi connectivity index (χ4v) is 4.25. The van der Waals surface area contributed by atoms with Crippen molar-refractivity contribution in [1.82, 2.24) is 10.3 Å². The number of nitrogens with zero attached hydrogens (tertiary/aromatic N) is 1. The van der Waals surface area contributed by atoms with Gasteiger partial charge in [-0.25, -0.2) is 4.98 Å². The molecule has 130 valence electrons. The monoisotopic (exact) mass is 370 g/mol. The highest BCUT2D eigenvalue weighted by molar-refractivity contribution is 7.20. The standard InChI is InChI=1S/C20H22N2OS2/c1-14-6-4-7-15(10-14)20(2,3)13-21-18(23)11-16-12-25-19(22-16)17-8-5-9-24-17/h4-10,12H,11,13H2,1-3H3,(H,21,23). The first kappa shape index (κ1) is 17.8. The van der Waals surface area contributed by atoms with Gasteiger partial charge in [0.05, 0.1) is 17.0 Å². The summed E-state index contributed by atoms with van der Waals surface area (Å²) in [5.41, 5.74) is 3.20. The Labute approximate surface area is 156 Å². The highest BCUT2D eigenvalue weighted by Crippen LogP contribution is 2.28. The molecule has 0 aliphatic rings. The van der Waals surface area contributed by atoms with Crippen LogP contribution in [0.15, 0.2) is 47.2 Å². The van der Waals surface area contributed by atoms with Crippen LogP contribution in [-0.2, 0) is 16.6 Å². The molecule has 0 saturated carbocycles. The molecule has 1 aromatic carbocycles. The molecule has 25 heavy (non-hydrogen) atoms. The van der Waals surface area contributed by atoms with Gasteiger partial charge in [0.1, 0.15) is 5.01 Å². The van der Waals surface area contributed by atoms with Crippen LogP contribution in [0.2, 0.25) is 0 Å². The van der Waals surface area contributed by atoms with Gasteiger partial charge in [-0.1, -0.05) is 49.7 Å². The van der Waals surface area contributed by atoms with E-state index in [1.807, 2.05) is 16.8 Å². The number of aryl methyl sites for hydroxylation is 1. The van der Waals surface area contributed by atoms with Gasteiger partial charge in [0, 0.05) is 17.3 Å². The van der Waals surface area contributed by atoms with E-state index in [0.29, 0.717) is 13.0 Å². The van der Waals surface area contributed by atoms with Gasteiger partial charge < -0.3 is 5.32 Å². The summed E-state index contributed by atoms with van der Waals surface area (Å²) < 4.78 is 0. The number of nitrogens with one attached hydrogen (secondary N) is 1. The van der Waals surface area contributed by atoms with Crippen LogP contribution in [0, 0.1) is 6.92 Å². The van der Waals surface area contributed by atoms with Gasteiger partial charge in [0.25, 0.3) is 0 Å². The predicted octanol–water partition coefficient (Wildman–Crippen LogP) is 4.82. The highest BCUT2D eigenvalue weighted by atomic mass is 32.1. The summed E-state index contributed by atoms with van der Waals surface area (Å²) in [6.45, 7) is 7.00. The van der Waals surface area contributed by atoms with Crippen molar-refractivity contribution in [3.63, 3.8) is 0 Å². The maximum Gasteiger partial charge on any atom is 0.226 e. The molecule has 0 bridgehead atoms. The van der Waals surface area contributed by atoms with Crippen LogP contribution in [-0.4, -0.2) is 17.4 Å². The summed E-state index contributed by atoms with van der Waals surface area (Å²) in [5, 5.41) is 8.06. The number of benzene rings is 1. The third-order valence-corrected chi connectivity index (χ3v) is 6.08. The summed E-state index contributed by atoms with van der Waals surface area (Å²) >= 11 is 3.26. The molecule has 5 heteroatoms. The second-order valence-corrected chi connectivity index (χ2v) is 8.63. The Morgan fingerprint density at radius 1 is 1.20 bits per heavy atom. The molecule has 0 atom stereocenters. The number of rotatable bonds is 6. The first-order valence-electron chi connectivity index (χ1n) is 8.26. The molecule has 0 aliphatic carbocycles. The van der Waals surface area contributed by atoms with E-state index in [0.717, 1.165) is 15.6 Å². The Hall–Kier alpha value is -1.98. The number of thiophene rings is 1. The predicted molar refractivity (Wildman–Crippen MR) is 106 cm³/mol. The van der Waals surface area contributed by atoms with Crippen molar-refractivity contribution in [3.8, 4) is 9.88 Å². The minimum Gasteiger partial charge on any atom is -0.355 e. The number of thiazole rings is 1. The van der Waals surface area contributed by atoms with Crippen molar-refractivity contribution < 1.29 is 4.79 Å². The average molecular weight is 371 g/mol. The number of aromatic nitrogens is 1. The van der Waals surface area contributed by atoms with E-state index in [1.54, 1.807) is 22.7 Å². The molecule has 3 nitrogen and oxygen atoms in total. The zero-order valence-electron chi connectivity index (χ0n) is 14.7. The van der Waals surface area contributed by atoms with E-state index in [4.69, 9.17) is 0 Å². The first-order chi connectivity index (χ1) is 11.9. The second kappa shape index (κ2) is 7.50. The van der Waals surface area contributed by atoms with Gasteiger partial charge in [-0.3, -0.25) is 4.79 Å². The van der Waals surface area contributed by atoms with E-state index in [9.17, 15) is 4.79 Å². The Morgan fingerprint density at radius 3 is 2.76 bits per heavy atom. The number of amides is 1. The van der Waals surface area contributed by atoms with Crippen LogP contribution in [0.4, 0.5) is 0 Å². The maximum atomic E-state index is 12.3. The molecule has 2 aromatic heterocycles. The quantitative estimate of drug-likeness (QED) is 0.676. The molecule has 0 radical (unpaired) electrons. The van der Waals surface area contributed by atoms with Gasteiger partial charge in [-0.2, -0.15) is 0 Å². The molecule has 3 aromatic rings. The summed E-state index contributed by atoms with van der Waals surface area (Å²) in [4.78, 5) is 18.0. The van der Waals surface area contributed by atoms with Crippen LogP contribution in [0.25, 0.3) is 9.88 Å². The van der Waals surface area contributed by atoms with E-state index in [2.05, 4.69) is 61.4 Å². The van der Waals surface area contributed by atoms with Gasteiger partial charge in [0.15, 0.2) is 0 Å². The topological polar surface area (TPSA) is 42.0 Å². The summed E-state index contributed by atoms with van der Waals surface area (Å²) in [7, 11) is 0. The SMILES string of the molecule is Cc1cccc(C(C)(C)CNC(=O)Cc2csc(-c3cccs3)n2)c1. The van der Waals surface area contributed by atoms with Gasteiger partial charge in [-0.05, 0) is 23.9 Å². The highest BCUT2D eigenvalue weighted by Gasteiger charge is 2.21. The molecule has 1 N–H and O–H groups in total. The molecular weight excluding hydrogens is 348 g/mol. The molecule has 1 amide bonds. The normalized spacial score (nSPS) is 11.5. The van der Waals surface area contributed by atoms with Crippen molar-refractivity contribution >= 4 is 28.6 Å². The minimum atomic E-state index is -0.105. The summed E-state index contributed by atoms with van der Waals surface area (Å²) in [6.07, 6.45) is 0.325. The molecule has 0 unspecified atom stereocenters. The number of carbonyl (C=O) groups is 1. The van der Waals surface area contributed by atoms with Gasteiger partial charge in [-0.15, -0.1) is 22.7 Å². The average Bonchev–Trinajstić information content (AvgIpc) is 3.24. The van der Waals surface area contributed by atoms with E-state index >= 15 is 0 Å². The summed E-state index contributed by atoms with van der Waals surface area (Å²) in [5.74, 6) is 0.0174. The van der Waals surface area contributed by atoms with Crippen LogP contribution < -0.4 is 5.32 Å². The number of carbonyl (C=O) groups excluding carboxylic acids is 1. The maximum absolute atomic E-state index is 12.3. The fraction of sp³-hybridized carbons (Fsp3) is 0.300. The van der Waals surface area contributed by atoms with E-state index < -0.39 is 0 Å². The Kier molecular flexibility index (Phi) is 5.35. The Morgan fingerprint density at radius 2 is 2.04 bits per heavy atom. The number of hydrogen-bond donors (Lipinski definition) is 1. The third kappa shape index (κ3) is 4.55. The summed E-state index contributed by atoms with van der Waals surface area (Å²) in [6, 6.07) is 12.5. The lowest BCUT2D eigenvalue weighted by Gasteiger charge is -2.26. The Balaban J connectivity index is 1.58. The largest absolute Gasteiger partial charge is 0.355 e. The Bertz CT molecular complexity index is 850. The molecule has 2 heterocycles. The van der Waals surface area contributed by atoms with E-state index in [1.165, 1.54) is 11.1 Å². The van der Waals surface area contributed by atoms with Crippen LogP contribution in [0.5, 0.6) is 0 Å². The lowest BCUT2D eigenvalue weighted by Crippen LogP contribution is -2.37.